The SMILES string of the molecule is N#C/C(=C/Nc1ccccc1Cl)C(=O)Nc1cccc(Cl)c1Cl. The van der Waals surface area contributed by atoms with Crippen LogP contribution in [-0.4, -0.2) is 5.91 Å². The van der Waals surface area contributed by atoms with Gasteiger partial charge in [0.25, 0.3) is 5.91 Å². The molecule has 7 heteroatoms. The molecule has 2 aromatic rings. The number of hydrogen-bond donors (Lipinski definition) is 2. The van der Waals surface area contributed by atoms with E-state index in [1.54, 1.807) is 42.5 Å². The predicted octanol–water partition coefficient (Wildman–Crippen LogP) is 5.10. The van der Waals surface area contributed by atoms with Crippen molar-refractivity contribution in [3.63, 3.8) is 0 Å². The minimum Gasteiger partial charge on any atom is -0.359 e. The van der Waals surface area contributed by atoms with Gasteiger partial charge in [-0.2, -0.15) is 5.26 Å². The molecule has 0 heterocycles. The van der Waals surface area contributed by atoms with Gasteiger partial charge in [-0.15, -0.1) is 0 Å². The molecule has 116 valence electrons. The molecule has 0 spiro atoms. The molecule has 0 saturated heterocycles. The van der Waals surface area contributed by atoms with Crippen LogP contribution in [0.1, 0.15) is 0 Å². The highest BCUT2D eigenvalue weighted by Crippen LogP contribution is 2.29. The number of anilines is 2. The highest BCUT2D eigenvalue weighted by atomic mass is 35.5. The molecule has 23 heavy (non-hydrogen) atoms. The third-order valence-corrected chi connectivity index (χ3v) is 3.96. The average Bonchev–Trinajstić information content (AvgIpc) is 2.54. The van der Waals surface area contributed by atoms with E-state index in [9.17, 15) is 4.79 Å². The minimum atomic E-state index is -0.615. The van der Waals surface area contributed by atoms with Gasteiger partial charge in [0, 0.05) is 6.20 Å². The molecule has 0 bridgehead atoms. The van der Waals surface area contributed by atoms with Crippen molar-refractivity contribution < 1.29 is 4.79 Å². The smallest absolute Gasteiger partial charge is 0.267 e. The zero-order valence-electron chi connectivity index (χ0n) is 11.6. The number of nitrogens with zero attached hydrogens (tertiary/aromatic N) is 1. The van der Waals surface area contributed by atoms with Crippen molar-refractivity contribution in [2.24, 2.45) is 0 Å². The fourth-order valence-corrected chi connectivity index (χ4v) is 2.20. The van der Waals surface area contributed by atoms with E-state index in [2.05, 4.69) is 10.6 Å². The number of nitriles is 1. The minimum absolute atomic E-state index is 0.138. The Balaban J connectivity index is 2.16. The van der Waals surface area contributed by atoms with E-state index in [1.807, 2.05) is 6.07 Å². The van der Waals surface area contributed by atoms with Crippen LogP contribution in [0.4, 0.5) is 11.4 Å². The lowest BCUT2D eigenvalue weighted by Crippen LogP contribution is -2.15. The number of benzene rings is 2. The first-order valence-electron chi connectivity index (χ1n) is 6.39. The Hall–Kier alpha value is -2.19. The van der Waals surface area contributed by atoms with Crippen LogP contribution in [0.5, 0.6) is 0 Å². The third-order valence-electron chi connectivity index (χ3n) is 2.81. The fraction of sp³-hybridized carbons (Fsp3) is 0. The van der Waals surface area contributed by atoms with Crippen molar-refractivity contribution in [2.75, 3.05) is 10.6 Å². The number of hydrogen-bond acceptors (Lipinski definition) is 3. The van der Waals surface area contributed by atoms with E-state index in [1.165, 1.54) is 6.20 Å². The van der Waals surface area contributed by atoms with Crippen molar-refractivity contribution in [3.05, 3.63) is 69.3 Å². The predicted molar refractivity (Wildman–Crippen MR) is 93.9 cm³/mol. The van der Waals surface area contributed by atoms with Gasteiger partial charge in [0.1, 0.15) is 11.6 Å². The maximum absolute atomic E-state index is 12.1. The van der Waals surface area contributed by atoms with E-state index in [0.29, 0.717) is 21.4 Å². The molecular formula is C16H10Cl3N3O. The summed E-state index contributed by atoms with van der Waals surface area (Å²) in [6.45, 7) is 0. The standard InChI is InChI=1S/C16H10Cl3N3O/c17-11-4-1-2-6-13(11)21-9-10(8-20)16(23)22-14-7-3-5-12(18)15(14)19/h1-7,9,21H,(H,22,23)/b10-9-. The largest absolute Gasteiger partial charge is 0.359 e. The molecule has 0 unspecified atom stereocenters. The van der Waals surface area contributed by atoms with Crippen LogP contribution in [-0.2, 0) is 4.79 Å². The molecule has 2 rings (SSSR count). The highest BCUT2D eigenvalue weighted by Gasteiger charge is 2.12. The van der Waals surface area contributed by atoms with Crippen molar-refractivity contribution in [1.29, 1.82) is 5.26 Å². The topological polar surface area (TPSA) is 64.9 Å². The summed E-state index contributed by atoms with van der Waals surface area (Å²) in [5.74, 6) is -0.615. The van der Waals surface area contributed by atoms with Crippen molar-refractivity contribution in [3.8, 4) is 6.07 Å². The zero-order chi connectivity index (χ0) is 16.8. The number of amides is 1. The van der Waals surface area contributed by atoms with Crippen LogP contribution in [0.25, 0.3) is 0 Å². The normalized spacial score (nSPS) is 10.8. The number of nitrogens with one attached hydrogen (secondary N) is 2. The average molecular weight is 367 g/mol. The van der Waals surface area contributed by atoms with Gasteiger partial charge in [-0.3, -0.25) is 4.79 Å². The molecule has 1 amide bonds. The van der Waals surface area contributed by atoms with Crippen molar-refractivity contribution >= 4 is 52.1 Å². The maximum atomic E-state index is 12.1. The molecule has 0 atom stereocenters. The molecule has 2 N–H and O–H groups in total. The van der Waals surface area contributed by atoms with Crippen LogP contribution in [0.15, 0.2) is 54.2 Å². The zero-order valence-corrected chi connectivity index (χ0v) is 13.9. The number of carbonyl (C=O) groups excluding carboxylic acids is 1. The lowest BCUT2D eigenvalue weighted by Gasteiger charge is -2.08. The summed E-state index contributed by atoms with van der Waals surface area (Å²) in [4.78, 5) is 12.1. The summed E-state index contributed by atoms with van der Waals surface area (Å²) in [5.41, 5.74) is 0.763. The number of rotatable bonds is 4. The van der Waals surface area contributed by atoms with E-state index >= 15 is 0 Å². The molecule has 2 aromatic carbocycles. The molecule has 0 aliphatic heterocycles. The van der Waals surface area contributed by atoms with Crippen LogP contribution in [0.3, 0.4) is 0 Å². The van der Waals surface area contributed by atoms with Crippen molar-refractivity contribution in [1.82, 2.24) is 0 Å². The molecular weight excluding hydrogens is 357 g/mol. The molecule has 0 aliphatic carbocycles. The Morgan fingerprint density at radius 2 is 1.65 bits per heavy atom. The van der Waals surface area contributed by atoms with Crippen LogP contribution in [0.2, 0.25) is 15.1 Å². The van der Waals surface area contributed by atoms with E-state index < -0.39 is 5.91 Å². The Morgan fingerprint density at radius 1 is 1.00 bits per heavy atom. The Bertz CT molecular complexity index is 812. The van der Waals surface area contributed by atoms with E-state index in [4.69, 9.17) is 40.1 Å². The summed E-state index contributed by atoms with van der Waals surface area (Å²) in [7, 11) is 0. The Kier molecular flexibility index (Phi) is 5.89. The fourth-order valence-electron chi connectivity index (χ4n) is 1.67. The second kappa shape index (κ2) is 7.89. The Morgan fingerprint density at radius 3 is 2.35 bits per heavy atom. The number of carbonyl (C=O) groups is 1. The second-order valence-electron chi connectivity index (χ2n) is 4.35. The molecule has 4 nitrogen and oxygen atoms in total. The van der Waals surface area contributed by atoms with Gasteiger partial charge in [0.2, 0.25) is 0 Å². The summed E-state index contributed by atoms with van der Waals surface area (Å²) in [6, 6.07) is 13.6. The molecule has 0 aliphatic rings. The second-order valence-corrected chi connectivity index (χ2v) is 5.54. The number of halogens is 3. The van der Waals surface area contributed by atoms with Gasteiger partial charge in [-0.1, -0.05) is 53.0 Å². The van der Waals surface area contributed by atoms with Crippen LogP contribution >= 0.6 is 34.8 Å². The van der Waals surface area contributed by atoms with Crippen LogP contribution in [0, 0.1) is 11.3 Å². The lowest BCUT2D eigenvalue weighted by atomic mass is 10.2. The van der Waals surface area contributed by atoms with Gasteiger partial charge in [-0.05, 0) is 24.3 Å². The molecule has 0 fully saturated rings. The first kappa shape index (κ1) is 17.2. The van der Waals surface area contributed by atoms with Gasteiger partial charge in [-0.25, -0.2) is 0 Å². The lowest BCUT2D eigenvalue weighted by molar-refractivity contribution is -0.112. The Labute approximate surface area is 148 Å². The first-order valence-corrected chi connectivity index (χ1v) is 7.53. The van der Waals surface area contributed by atoms with Gasteiger partial charge < -0.3 is 10.6 Å². The van der Waals surface area contributed by atoms with Crippen LogP contribution < -0.4 is 10.6 Å². The number of para-hydroxylation sites is 1. The summed E-state index contributed by atoms with van der Waals surface area (Å²) < 4.78 is 0. The molecule has 0 radical (unpaired) electrons. The molecule has 0 saturated carbocycles. The van der Waals surface area contributed by atoms with E-state index in [0.717, 1.165) is 0 Å². The third kappa shape index (κ3) is 4.40. The van der Waals surface area contributed by atoms with Gasteiger partial charge in [0.15, 0.2) is 0 Å². The summed E-state index contributed by atoms with van der Waals surface area (Å²) in [6.07, 6.45) is 1.27. The maximum Gasteiger partial charge on any atom is 0.267 e. The summed E-state index contributed by atoms with van der Waals surface area (Å²) >= 11 is 17.9. The quantitative estimate of drug-likeness (QED) is 0.584. The summed E-state index contributed by atoms with van der Waals surface area (Å²) in [5, 5.41) is 15.5. The van der Waals surface area contributed by atoms with Gasteiger partial charge in [0.05, 0.1) is 26.4 Å². The molecule has 0 aromatic heterocycles. The van der Waals surface area contributed by atoms with Gasteiger partial charge >= 0.3 is 0 Å². The highest BCUT2D eigenvalue weighted by molar-refractivity contribution is 6.44. The monoisotopic (exact) mass is 365 g/mol. The van der Waals surface area contributed by atoms with Crippen molar-refractivity contribution in [2.45, 2.75) is 0 Å². The van der Waals surface area contributed by atoms with E-state index in [-0.39, 0.29) is 10.6 Å². The first-order chi connectivity index (χ1) is 11.0.